The van der Waals surface area contributed by atoms with E-state index in [-0.39, 0.29) is 36.5 Å². The highest BCUT2D eigenvalue weighted by Gasteiger charge is 2.25. The number of benzene rings is 2. The summed E-state index contributed by atoms with van der Waals surface area (Å²) in [7, 11) is 0. The molecule has 0 bridgehead atoms. The fourth-order valence-corrected chi connectivity index (χ4v) is 4.70. The highest BCUT2D eigenvalue weighted by molar-refractivity contribution is 5.97. The van der Waals surface area contributed by atoms with Crippen LogP contribution in [0.25, 0.3) is 0 Å². The highest BCUT2D eigenvalue weighted by atomic mass is 16.3. The Morgan fingerprint density at radius 1 is 0.970 bits per heavy atom. The average Bonchev–Trinajstić information content (AvgIpc) is 3.05. The fourth-order valence-electron chi connectivity index (χ4n) is 4.70. The van der Waals surface area contributed by atoms with Crippen molar-refractivity contribution in [3.05, 3.63) is 70.8 Å². The van der Waals surface area contributed by atoms with Crippen molar-refractivity contribution in [2.75, 3.05) is 6.54 Å². The summed E-state index contributed by atoms with van der Waals surface area (Å²) in [5.41, 5.74) is 3.38. The van der Waals surface area contributed by atoms with Gasteiger partial charge >= 0.3 is 0 Å². The number of aliphatic hydroxyl groups is 2. The van der Waals surface area contributed by atoms with E-state index in [1.54, 1.807) is 24.3 Å². The molecule has 0 radical (unpaired) electrons. The second kappa shape index (κ2) is 10.9. The molecular formula is C26H33N3O4. The van der Waals surface area contributed by atoms with Crippen LogP contribution in [0.15, 0.2) is 48.5 Å². The third-order valence-electron chi connectivity index (χ3n) is 6.69. The first-order valence-electron chi connectivity index (χ1n) is 11.8. The van der Waals surface area contributed by atoms with Crippen LogP contribution >= 0.6 is 0 Å². The lowest BCUT2D eigenvalue weighted by molar-refractivity contribution is 0.0867. The van der Waals surface area contributed by atoms with Gasteiger partial charge in [0.25, 0.3) is 11.8 Å². The van der Waals surface area contributed by atoms with Crippen LogP contribution in [-0.2, 0) is 13.0 Å². The molecule has 2 amide bonds. The summed E-state index contributed by atoms with van der Waals surface area (Å²) in [4.78, 5) is 25.1. The topological polar surface area (TPSA) is 111 Å². The van der Waals surface area contributed by atoms with E-state index in [2.05, 4.69) is 28.1 Å². The Kier molecular flexibility index (Phi) is 7.75. The maximum atomic E-state index is 12.6. The largest absolute Gasteiger partial charge is 0.393 e. The lowest BCUT2D eigenvalue weighted by atomic mass is 9.93. The zero-order valence-corrected chi connectivity index (χ0v) is 18.8. The van der Waals surface area contributed by atoms with Crippen LogP contribution < -0.4 is 16.0 Å². The Bertz CT molecular complexity index is 962. The Balaban J connectivity index is 1.26. The number of rotatable bonds is 6. The van der Waals surface area contributed by atoms with Gasteiger partial charge in [0, 0.05) is 36.3 Å². The van der Waals surface area contributed by atoms with E-state index in [1.165, 1.54) is 11.1 Å². The maximum absolute atomic E-state index is 12.6. The Morgan fingerprint density at radius 2 is 1.64 bits per heavy atom. The molecule has 2 aromatic rings. The first-order valence-corrected chi connectivity index (χ1v) is 11.8. The zero-order valence-electron chi connectivity index (χ0n) is 18.8. The minimum atomic E-state index is -0.706. The van der Waals surface area contributed by atoms with Crippen LogP contribution in [0.5, 0.6) is 0 Å². The minimum absolute atomic E-state index is 0.0279. The van der Waals surface area contributed by atoms with Crippen molar-refractivity contribution in [3.63, 3.8) is 0 Å². The Hall–Kier alpha value is -2.74. The van der Waals surface area contributed by atoms with Gasteiger partial charge in [-0.3, -0.25) is 9.59 Å². The van der Waals surface area contributed by atoms with E-state index >= 15 is 0 Å². The molecule has 0 aromatic heterocycles. The fraction of sp³-hybridized carbons (Fsp3) is 0.462. The molecule has 4 rings (SSSR count). The molecular weight excluding hydrogens is 418 g/mol. The standard InChI is InChI=1S/C26H33N3O4/c30-22-8-4-3-7-21(14-22)29-26(33)18-11-9-17(10-12-18)25(32)28-16-24(31)23-13-19-5-1-2-6-20(19)15-27-23/h1-2,5-6,9-12,21-24,27,30-31H,3-4,7-8,13-16H2,(H,28,32)(H,29,33)/t21?,22?,23-,24+/m0/s1. The predicted octanol–water partition coefficient (Wildman–Crippen LogP) is 1.92. The maximum Gasteiger partial charge on any atom is 0.251 e. The van der Waals surface area contributed by atoms with E-state index in [4.69, 9.17) is 0 Å². The van der Waals surface area contributed by atoms with E-state index in [0.29, 0.717) is 24.1 Å². The summed E-state index contributed by atoms with van der Waals surface area (Å²) in [6.07, 6.45) is 3.86. The molecule has 7 nitrogen and oxygen atoms in total. The number of aliphatic hydroxyl groups excluding tert-OH is 2. The number of amides is 2. The van der Waals surface area contributed by atoms with Crippen molar-refractivity contribution in [3.8, 4) is 0 Å². The first-order chi connectivity index (χ1) is 16.0. The molecule has 5 N–H and O–H groups in total. The summed E-state index contributed by atoms with van der Waals surface area (Å²) in [5.74, 6) is -0.482. The van der Waals surface area contributed by atoms with E-state index in [1.807, 2.05) is 12.1 Å². The van der Waals surface area contributed by atoms with Crippen LogP contribution in [0.4, 0.5) is 0 Å². The van der Waals surface area contributed by atoms with Crippen LogP contribution in [0.2, 0.25) is 0 Å². The van der Waals surface area contributed by atoms with Crippen molar-refractivity contribution >= 4 is 11.8 Å². The summed E-state index contributed by atoms with van der Waals surface area (Å²) >= 11 is 0. The summed E-state index contributed by atoms with van der Waals surface area (Å²) in [6, 6.07) is 14.5. The van der Waals surface area contributed by atoms with Gasteiger partial charge in [0.15, 0.2) is 0 Å². The predicted molar refractivity (Wildman–Crippen MR) is 126 cm³/mol. The molecule has 2 unspecified atom stereocenters. The molecule has 2 aliphatic rings. The molecule has 1 saturated carbocycles. The van der Waals surface area contributed by atoms with Crippen molar-refractivity contribution in [1.29, 1.82) is 0 Å². The van der Waals surface area contributed by atoms with Gasteiger partial charge in [-0.1, -0.05) is 37.1 Å². The van der Waals surface area contributed by atoms with Gasteiger partial charge in [0.1, 0.15) is 0 Å². The van der Waals surface area contributed by atoms with Gasteiger partial charge in [0.05, 0.1) is 12.2 Å². The summed E-state index contributed by atoms with van der Waals surface area (Å²) < 4.78 is 0. The van der Waals surface area contributed by atoms with Crippen LogP contribution in [0.3, 0.4) is 0 Å². The third-order valence-corrected chi connectivity index (χ3v) is 6.69. The monoisotopic (exact) mass is 451 g/mol. The molecule has 176 valence electrons. The molecule has 4 atom stereocenters. The first kappa shape index (κ1) is 23.4. The third kappa shape index (κ3) is 6.19. The quantitative estimate of drug-likeness (QED) is 0.431. The number of nitrogens with one attached hydrogen (secondary N) is 3. The molecule has 1 heterocycles. The van der Waals surface area contributed by atoms with Crippen molar-refractivity contribution in [2.45, 2.75) is 69.4 Å². The number of hydrogen-bond acceptors (Lipinski definition) is 5. The molecule has 33 heavy (non-hydrogen) atoms. The summed E-state index contributed by atoms with van der Waals surface area (Å²) in [5, 5.41) is 29.6. The van der Waals surface area contributed by atoms with E-state index in [9.17, 15) is 19.8 Å². The van der Waals surface area contributed by atoms with Crippen molar-refractivity contribution < 1.29 is 19.8 Å². The van der Waals surface area contributed by atoms with Gasteiger partial charge in [-0.25, -0.2) is 0 Å². The number of hydrogen-bond donors (Lipinski definition) is 5. The Labute approximate surface area is 194 Å². The minimum Gasteiger partial charge on any atom is -0.393 e. The van der Waals surface area contributed by atoms with Gasteiger partial charge < -0.3 is 26.2 Å². The molecule has 1 fully saturated rings. The molecule has 0 saturated heterocycles. The second-order valence-electron chi connectivity index (χ2n) is 9.16. The van der Waals surface area contributed by atoms with Crippen LogP contribution in [0.1, 0.15) is 63.9 Å². The van der Waals surface area contributed by atoms with E-state index < -0.39 is 6.10 Å². The second-order valence-corrected chi connectivity index (χ2v) is 9.16. The van der Waals surface area contributed by atoms with Gasteiger partial charge in [-0.2, -0.15) is 0 Å². The van der Waals surface area contributed by atoms with E-state index in [0.717, 1.165) is 32.1 Å². The molecule has 0 spiro atoms. The van der Waals surface area contributed by atoms with Gasteiger partial charge in [0.2, 0.25) is 0 Å². The molecule has 7 heteroatoms. The number of carbonyl (C=O) groups excluding carboxylic acids is 2. The normalized spacial score (nSPS) is 23.6. The molecule has 1 aliphatic carbocycles. The highest BCUT2D eigenvalue weighted by Crippen LogP contribution is 2.19. The lowest BCUT2D eigenvalue weighted by Gasteiger charge is -2.30. The molecule has 1 aliphatic heterocycles. The smallest absolute Gasteiger partial charge is 0.251 e. The SMILES string of the molecule is O=C(NC[C@@H](O)[C@@H]1Cc2ccccc2CN1)c1ccc(C(=O)NC2CCCCC(O)C2)cc1. The number of fused-ring (bicyclic) bond motifs is 1. The van der Waals surface area contributed by atoms with Crippen molar-refractivity contribution in [2.24, 2.45) is 0 Å². The average molecular weight is 452 g/mol. The van der Waals surface area contributed by atoms with Crippen molar-refractivity contribution in [1.82, 2.24) is 16.0 Å². The number of carbonyl (C=O) groups is 2. The zero-order chi connectivity index (χ0) is 23.2. The van der Waals surface area contributed by atoms with Crippen LogP contribution in [0, 0.1) is 0 Å². The van der Waals surface area contributed by atoms with Crippen LogP contribution in [-0.4, -0.2) is 52.9 Å². The lowest BCUT2D eigenvalue weighted by Crippen LogP contribution is -2.49. The molecule has 2 aromatic carbocycles. The Morgan fingerprint density at radius 3 is 2.39 bits per heavy atom. The van der Waals surface area contributed by atoms with Gasteiger partial charge in [-0.05, 0) is 61.1 Å². The van der Waals surface area contributed by atoms with Gasteiger partial charge in [-0.15, -0.1) is 0 Å². The summed E-state index contributed by atoms with van der Waals surface area (Å²) in [6.45, 7) is 0.847.